The van der Waals surface area contributed by atoms with E-state index in [-0.39, 0.29) is 18.1 Å². The van der Waals surface area contributed by atoms with Crippen LogP contribution in [0.2, 0.25) is 5.02 Å². The number of carbonyl (C=O) groups excluding carboxylic acids is 1. The van der Waals surface area contributed by atoms with Gasteiger partial charge >= 0.3 is 5.76 Å². The molecule has 0 aliphatic heterocycles. The third-order valence-corrected chi connectivity index (χ3v) is 4.53. The van der Waals surface area contributed by atoms with Gasteiger partial charge in [-0.2, -0.15) is 0 Å². The number of Topliss-reactive ketones (excluding diaryl/α,β-unsaturated/α-hetero) is 1. The SMILES string of the molecule is COc1ccc(CC(CC(=O)Cc2ccc(Cl)cc2)c2noc(=O)[nH]2)cc1. The van der Waals surface area contributed by atoms with Gasteiger partial charge in [0.15, 0.2) is 5.82 Å². The molecule has 0 fully saturated rings. The number of nitrogens with zero attached hydrogens (tertiary/aromatic N) is 1. The van der Waals surface area contributed by atoms with E-state index >= 15 is 0 Å². The molecule has 0 amide bonds. The first-order chi connectivity index (χ1) is 13.0. The number of rotatable bonds is 8. The summed E-state index contributed by atoms with van der Waals surface area (Å²) >= 11 is 5.88. The second kappa shape index (κ2) is 8.68. The van der Waals surface area contributed by atoms with Crippen molar-refractivity contribution < 1.29 is 14.1 Å². The van der Waals surface area contributed by atoms with Gasteiger partial charge in [0.1, 0.15) is 11.5 Å². The minimum absolute atomic E-state index is 0.0414. The second-order valence-corrected chi connectivity index (χ2v) is 6.71. The molecule has 6 nitrogen and oxygen atoms in total. The van der Waals surface area contributed by atoms with Crippen LogP contribution in [0.5, 0.6) is 5.75 Å². The molecule has 1 unspecified atom stereocenters. The Hall–Kier alpha value is -2.86. The van der Waals surface area contributed by atoms with Crippen molar-refractivity contribution in [3.05, 3.63) is 81.1 Å². The number of benzene rings is 2. The lowest BCUT2D eigenvalue weighted by Crippen LogP contribution is -2.14. The highest BCUT2D eigenvalue weighted by Gasteiger charge is 2.21. The number of aromatic nitrogens is 2. The van der Waals surface area contributed by atoms with E-state index in [0.29, 0.717) is 23.7 Å². The van der Waals surface area contributed by atoms with E-state index in [4.69, 9.17) is 16.3 Å². The zero-order valence-electron chi connectivity index (χ0n) is 14.8. The highest BCUT2D eigenvalue weighted by molar-refractivity contribution is 6.30. The minimum atomic E-state index is -0.630. The van der Waals surface area contributed by atoms with Gasteiger partial charge < -0.3 is 4.74 Å². The van der Waals surface area contributed by atoms with Crippen LogP contribution in [0.1, 0.15) is 29.3 Å². The first kappa shape index (κ1) is 18.9. The average Bonchev–Trinajstić information content (AvgIpc) is 3.10. The maximum atomic E-state index is 12.6. The van der Waals surface area contributed by atoms with Gasteiger partial charge in [-0.1, -0.05) is 41.0 Å². The summed E-state index contributed by atoms with van der Waals surface area (Å²) in [5, 5.41) is 4.41. The van der Waals surface area contributed by atoms with Crippen LogP contribution in [0.25, 0.3) is 0 Å². The van der Waals surface area contributed by atoms with E-state index in [9.17, 15) is 9.59 Å². The average molecular weight is 387 g/mol. The summed E-state index contributed by atoms with van der Waals surface area (Å²) < 4.78 is 9.79. The van der Waals surface area contributed by atoms with Crippen LogP contribution >= 0.6 is 11.6 Å². The molecule has 3 aromatic rings. The molecule has 1 atom stereocenters. The monoisotopic (exact) mass is 386 g/mol. The molecule has 0 bridgehead atoms. The molecule has 1 N–H and O–H groups in total. The Kier molecular flexibility index (Phi) is 6.08. The number of aromatic amines is 1. The molecule has 0 aliphatic rings. The first-order valence-electron chi connectivity index (χ1n) is 8.48. The van der Waals surface area contributed by atoms with Crippen LogP contribution in [0.3, 0.4) is 0 Å². The van der Waals surface area contributed by atoms with E-state index in [1.807, 2.05) is 36.4 Å². The van der Waals surface area contributed by atoms with Crippen molar-refractivity contribution >= 4 is 17.4 Å². The van der Waals surface area contributed by atoms with Crippen LogP contribution in [-0.2, 0) is 17.6 Å². The number of carbonyl (C=O) groups is 1. The number of hydrogen-bond acceptors (Lipinski definition) is 5. The third-order valence-electron chi connectivity index (χ3n) is 4.27. The smallest absolute Gasteiger partial charge is 0.438 e. The molecule has 3 rings (SSSR count). The maximum Gasteiger partial charge on any atom is 0.438 e. The Morgan fingerprint density at radius 1 is 1.15 bits per heavy atom. The molecule has 140 valence electrons. The Morgan fingerprint density at radius 2 is 1.81 bits per heavy atom. The lowest BCUT2D eigenvalue weighted by atomic mass is 9.91. The molecule has 0 radical (unpaired) electrons. The van der Waals surface area contributed by atoms with Gasteiger partial charge in [0.25, 0.3) is 0 Å². The standard InChI is InChI=1S/C20H19ClN2O4/c1-26-18-8-4-13(5-9-18)10-15(19-22-20(25)27-23-19)12-17(24)11-14-2-6-16(21)7-3-14/h2-9,15H,10-12H2,1H3,(H,22,23,25). The number of H-pyrrole nitrogens is 1. The summed E-state index contributed by atoms with van der Waals surface area (Å²) in [6.07, 6.45) is 1.06. The van der Waals surface area contributed by atoms with E-state index in [1.165, 1.54) is 0 Å². The fourth-order valence-corrected chi connectivity index (χ4v) is 3.03. The van der Waals surface area contributed by atoms with Crippen molar-refractivity contribution in [2.24, 2.45) is 0 Å². The molecule has 1 heterocycles. The minimum Gasteiger partial charge on any atom is -0.497 e. The summed E-state index contributed by atoms with van der Waals surface area (Å²) in [6.45, 7) is 0. The molecule has 0 saturated carbocycles. The number of halogens is 1. The van der Waals surface area contributed by atoms with Gasteiger partial charge in [-0.25, -0.2) is 4.79 Å². The number of ketones is 1. The quantitative estimate of drug-likeness (QED) is 0.639. The molecule has 27 heavy (non-hydrogen) atoms. The van der Waals surface area contributed by atoms with Crippen molar-refractivity contribution in [2.45, 2.75) is 25.2 Å². The zero-order chi connectivity index (χ0) is 19.2. The van der Waals surface area contributed by atoms with Crippen LogP contribution in [0, 0.1) is 0 Å². The summed E-state index contributed by atoms with van der Waals surface area (Å²) in [5.74, 6) is 0.253. The predicted molar refractivity (Wildman–Crippen MR) is 101 cm³/mol. The van der Waals surface area contributed by atoms with Crippen molar-refractivity contribution in [1.82, 2.24) is 10.1 Å². The topological polar surface area (TPSA) is 85.2 Å². The molecule has 0 aliphatic carbocycles. The van der Waals surface area contributed by atoms with E-state index in [2.05, 4.69) is 14.7 Å². The van der Waals surface area contributed by atoms with Crippen LogP contribution in [0.4, 0.5) is 0 Å². The van der Waals surface area contributed by atoms with E-state index < -0.39 is 5.76 Å². The zero-order valence-corrected chi connectivity index (χ0v) is 15.5. The third kappa shape index (κ3) is 5.31. The number of methoxy groups -OCH3 is 1. The Labute approximate surface area is 161 Å². The van der Waals surface area contributed by atoms with Crippen LogP contribution in [-0.4, -0.2) is 23.0 Å². The Balaban J connectivity index is 1.74. The first-order valence-corrected chi connectivity index (χ1v) is 8.86. The molecular formula is C20H19ClN2O4. The largest absolute Gasteiger partial charge is 0.497 e. The number of hydrogen-bond donors (Lipinski definition) is 1. The molecule has 0 saturated heterocycles. The maximum absolute atomic E-state index is 12.6. The van der Waals surface area contributed by atoms with E-state index in [1.54, 1.807) is 19.2 Å². The molecule has 2 aromatic carbocycles. The summed E-state index contributed by atoms with van der Waals surface area (Å²) in [6, 6.07) is 14.7. The van der Waals surface area contributed by atoms with Gasteiger partial charge in [-0.05, 0) is 41.8 Å². The van der Waals surface area contributed by atoms with E-state index in [0.717, 1.165) is 16.9 Å². The highest BCUT2D eigenvalue weighted by Crippen LogP contribution is 2.24. The summed E-state index contributed by atoms with van der Waals surface area (Å²) in [4.78, 5) is 26.5. The Bertz CT molecular complexity index is 945. The van der Waals surface area contributed by atoms with Crippen molar-refractivity contribution in [3.8, 4) is 5.75 Å². The van der Waals surface area contributed by atoms with Gasteiger partial charge in [0.05, 0.1) is 7.11 Å². The highest BCUT2D eigenvalue weighted by atomic mass is 35.5. The molecule has 7 heteroatoms. The van der Waals surface area contributed by atoms with Crippen molar-refractivity contribution in [1.29, 1.82) is 0 Å². The summed E-state index contributed by atoms with van der Waals surface area (Å²) in [5.41, 5.74) is 1.89. The van der Waals surface area contributed by atoms with Gasteiger partial charge in [-0.15, -0.1) is 0 Å². The summed E-state index contributed by atoms with van der Waals surface area (Å²) in [7, 11) is 1.60. The normalized spacial score (nSPS) is 11.9. The van der Waals surface area contributed by atoms with Crippen LogP contribution < -0.4 is 10.5 Å². The van der Waals surface area contributed by atoms with Gasteiger partial charge in [-0.3, -0.25) is 14.3 Å². The number of ether oxygens (including phenoxy) is 1. The lowest BCUT2D eigenvalue weighted by molar-refractivity contribution is -0.118. The lowest BCUT2D eigenvalue weighted by Gasteiger charge is -2.13. The molecular weight excluding hydrogens is 368 g/mol. The molecule has 1 aromatic heterocycles. The van der Waals surface area contributed by atoms with Crippen molar-refractivity contribution in [2.75, 3.05) is 7.11 Å². The predicted octanol–water partition coefficient (Wildman–Crippen LogP) is 3.55. The van der Waals surface area contributed by atoms with Gasteiger partial charge in [0.2, 0.25) is 0 Å². The molecule has 0 spiro atoms. The fourth-order valence-electron chi connectivity index (χ4n) is 2.91. The fraction of sp³-hybridized carbons (Fsp3) is 0.250. The number of nitrogens with one attached hydrogen (secondary N) is 1. The Morgan fingerprint density at radius 3 is 2.41 bits per heavy atom. The van der Waals surface area contributed by atoms with Crippen LogP contribution in [0.15, 0.2) is 57.8 Å². The van der Waals surface area contributed by atoms with Gasteiger partial charge in [0, 0.05) is 23.8 Å². The second-order valence-electron chi connectivity index (χ2n) is 6.28. The van der Waals surface area contributed by atoms with Crippen molar-refractivity contribution in [3.63, 3.8) is 0 Å².